The second-order valence-electron chi connectivity index (χ2n) is 5.53. The lowest BCUT2D eigenvalue weighted by Gasteiger charge is -2.26. The van der Waals surface area contributed by atoms with Crippen molar-refractivity contribution in [2.45, 2.75) is 25.8 Å². The van der Waals surface area contributed by atoms with E-state index in [9.17, 15) is 9.90 Å². The fourth-order valence-electron chi connectivity index (χ4n) is 2.61. The van der Waals surface area contributed by atoms with Crippen LogP contribution in [0, 0.1) is 5.92 Å². The van der Waals surface area contributed by atoms with Crippen LogP contribution < -0.4 is 9.80 Å². The van der Waals surface area contributed by atoms with Crippen molar-refractivity contribution in [3.05, 3.63) is 12.4 Å². The molecule has 0 aromatic carbocycles. The van der Waals surface area contributed by atoms with Crippen molar-refractivity contribution in [1.82, 2.24) is 9.97 Å². The van der Waals surface area contributed by atoms with Gasteiger partial charge in [0.15, 0.2) is 0 Å². The van der Waals surface area contributed by atoms with E-state index in [1.54, 1.807) is 6.92 Å². The number of aliphatic hydroxyl groups is 1. The monoisotopic (exact) mass is 294 g/mol. The zero-order valence-corrected chi connectivity index (χ0v) is 12.4. The first-order valence-electron chi connectivity index (χ1n) is 7.16. The van der Waals surface area contributed by atoms with Gasteiger partial charge in [-0.3, -0.25) is 4.79 Å². The molecule has 1 fully saturated rings. The topological polar surface area (TPSA) is 89.8 Å². The van der Waals surface area contributed by atoms with Crippen LogP contribution in [0.4, 0.5) is 11.6 Å². The molecule has 2 unspecified atom stereocenters. The predicted molar refractivity (Wildman–Crippen MR) is 79.6 cm³/mol. The molecule has 0 bridgehead atoms. The minimum Gasteiger partial charge on any atom is -0.481 e. The quantitative estimate of drug-likeness (QED) is 0.793. The summed E-state index contributed by atoms with van der Waals surface area (Å²) in [6.07, 6.45) is 3.48. The maximum absolute atomic E-state index is 10.9. The molecule has 7 heteroatoms. The van der Waals surface area contributed by atoms with Gasteiger partial charge in [-0.25, -0.2) is 9.97 Å². The van der Waals surface area contributed by atoms with Crippen molar-refractivity contribution in [2.75, 3.05) is 36.5 Å². The van der Waals surface area contributed by atoms with Gasteiger partial charge >= 0.3 is 5.97 Å². The van der Waals surface area contributed by atoms with Crippen LogP contribution >= 0.6 is 0 Å². The van der Waals surface area contributed by atoms with Crippen molar-refractivity contribution in [1.29, 1.82) is 0 Å². The summed E-state index contributed by atoms with van der Waals surface area (Å²) in [4.78, 5) is 23.3. The Bertz CT molecular complexity index is 497. The van der Waals surface area contributed by atoms with Crippen LogP contribution in [0.2, 0.25) is 0 Å². The Morgan fingerprint density at radius 1 is 1.57 bits per heavy atom. The van der Waals surface area contributed by atoms with Crippen LogP contribution in [0.1, 0.15) is 19.8 Å². The van der Waals surface area contributed by atoms with Crippen molar-refractivity contribution in [2.24, 2.45) is 5.92 Å². The largest absolute Gasteiger partial charge is 0.481 e. The SMILES string of the molecule is CC(CN(C)c1cc(N2CCCC2CO)ncn1)C(=O)O. The molecule has 0 aliphatic carbocycles. The maximum Gasteiger partial charge on any atom is 0.308 e. The zero-order valence-electron chi connectivity index (χ0n) is 12.4. The van der Waals surface area contributed by atoms with Crippen LogP contribution in [0.15, 0.2) is 12.4 Å². The molecule has 0 saturated carbocycles. The van der Waals surface area contributed by atoms with E-state index in [0.717, 1.165) is 25.2 Å². The average molecular weight is 294 g/mol. The highest BCUT2D eigenvalue weighted by molar-refractivity contribution is 5.70. The van der Waals surface area contributed by atoms with Crippen LogP contribution in [0.3, 0.4) is 0 Å². The van der Waals surface area contributed by atoms with Crippen molar-refractivity contribution in [3.63, 3.8) is 0 Å². The van der Waals surface area contributed by atoms with Crippen LogP contribution in [0.25, 0.3) is 0 Å². The lowest BCUT2D eigenvalue weighted by atomic mass is 10.2. The van der Waals surface area contributed by atoms with E-state index in [4.69, 9.17) is 5.11 Å². The lowest BCUT2D eigenvalue weighted by molar-refractivity contribution is -0.140. The van der Waals surface area contributed by atoms with Crippen LogP contribution in [-0.4, -0.2) is 58.9 Å². The number of carboxylic acids is 1. The molecule has 0 radical (unpaired) electrons. The Balaban J connectivity index is 2.12. The van der Waals surface area contributed by atoms with Crippen molar-refractivity contribution >= 4 is 17.6 Å². The molecule has 0 amide bonds. The van der Waals surface area contributed by atoms with Crippen LogP contribution in [-0.2, 0) is 4.79 Å². The first kappa shape index (κ1) is 15.5. The van der Waals surface area contributed by atoms with Gasteiger partial charge in [-0.2, -0.15) is 0 Å². The van der Waals surface area contributed by atoms with Gasteiger partial charge < -0.3 is 20.0 Å². The molecule has 2 rings (SSSR count). The highest BCUT2D eigenvalue weighted by Gasteiger charge is 2.25. The summed E-state index contributed by atoms with van der Waals surface area (Å²) in [5.41, 5.74) is 0. The van der Waals surface area contributed by atoms with Gasteiger partial charge in [0.25, 0.3) is 0 Å². The number of carboxylic acid groups (broad SMARTS) is 1. The summed E-state index contributed by atoms with van der Waals surface area (Å²) in [5.74, 6) is 0.185. The third kappa shape index (κ3) is 3.60. The molecule has 1 aliphatic heterocycles. The highest BCUT2D eigenvalue weighted by atomic mass is 16.4. The molecular formula is C14H22N4O3. The molecule has 1 saturated heterocycles. The number of carbonyl (C=O) groups is 1. The smallest absolute Gasteiger partial charge is 0.308 e. The van der Waals surface area contributed by atoms with E-state index in [-0.39, 0.29) is 12.6 Å². The number of hydrogen-bond acceptors (Lipinski definition) is 6. The Labute approximate surface area is 124 Å². The summed E-state index contributed by atoms with van der Waals surface area (Å²) in [6.45, 7) is 3.04. The van der Waals surface area contributed by atoms with Gasteiger partial charge in [0.1, 0.15) is 18.0 Å². The normalized spacial score (nSPS) is 19.6. The standard InChI is InChI=1S/C14H22N4O3/c1-10(14(20)21)7-17(2)12-6-13(16-9-15-12)18-5-3-4-11(18)8-19/h6,9-11,19H,3-5,7-8H2,1-2H3,(H,20,21). The Kier molecular flexibility index (Phi) is 4.95. The predicted octanol–water partition coefficient (Wildman–Crippen LogP) is 0.595. The number of aromatic nitrogens is 2. The second kappa shape index (κ2) is 6.71. The van der Waals surface area contributed by atoms with Crippen molar-refractivity contribution < 1.29 is 15.0 Å². The van der Waals surface area contributed by atoms with E-state index < -0.39 is 11.9 Å². The first-order chi connectivity index (χ1) is 10.0. The minimum atomic E-state index is -0.823. The van der Waals surface area contributed by atoms with Crippen molar-refractivity contribution in [3.8, 4) is 0 Å². The molecule has 1 aromatic heterocycles. The number of hydrogen-bond donors (Lipinski definition) is 2. The molecule has 116 valence electrons. The number of nitrogens with zero attached hydrogens (tertiary/aromatic N) is 4. The van der Waals surface area contributed by atoms with Gasteiger partial charge in [0.05, 0.1) is 18.6 Å². The fourth-order valence-corrected chi connectivity index (χ4v) is 2.61. The van der Waals surface area contributed by atoms with Crippen LogP contribution in [0.5, 0.6) is 0 Å². The first-order valence-corrected chi connectivity index (χ1v) is 7.16. The average Bonchev–Trinajstić information content (AvgIpc) is 2.95. The third-order valence-electron chi connectivity index (χ3n) is 3.88. The molecule has 2 atom stereocenters. The van der Waals surface area contributed by atoms with Gasteiger partial charge in [0.2, 0.25) is 0 Å². The Hall–Kier alpha value is -1.89. The summed E-state index contributed by atoms with van der Waals surface area (Å²) in [7, 11) is 1.82. The summed E-state index contributed by atoms with van der Waals surface area (Å²) in [6, 6.07) is 1.96. The van der Waals surface area contributed by atoms with Gasteiger partial charge in [-0.05, 0) is 12.8 Å². The molecule has 2 N–H and O–H groups in total. The third-order valence-corrected chi connectivity index (χ3v) is 3.88. The van der Waals surface area contributed by atoms with E-state index in [1.807, 2.05) is 18.0 Å². The maximum atomic E-state index is 10.9. The van der Waals surface area contributed by atoms with Gasteiger partial charge in [-0.15, -0.1) is 0 Å². The number of aliphatic carboxylic acids is 1. The molecule has 2 heterocycles. The highest BCUT2D eigenvalue weighted by Crippen LogP contribution is 2.25. The zero-order chi connectivity index (χ0) is 15.4. The van der Waals surface area contributed by atoms with E-state index >= 15 is 0 Å². The summed E-state index contributed by atoms with van der Waals surface area (Å²) >= 11 is 0. The second-order valence-corrected chi connectivity index (χ2v) is 5.53. The molecule has 7 nitrogen and oxygen atoms in total. The molecule has 1 aliphatic rings. The fraction of sp³-hybridized carbons (Fsp3) is 0.643. The summed E-state index contributed by atoms with van der Waals surface area (Å²) < 4.78 is 0. The van der Waals surface area contributed by atoms with Gasteiger partial charge in [0, 0.05) is 26.2 Å². The van der Waals surface area contributed by atoms with Gasteiger partial charge in [-0.1, -0.05) is 6.92 Å². The molecule has 0 spiro atoms. The Morgan fingerprint density at radius 2 is 2.33 bits per heavy atom. The minimum absolute atomic E-state index is 0.107. The number of aliphatic hydroxyl groups excluding tert-OH is 1. The molecular weight excluding hydrogens is 272 g/mol. The lowest BCUT2D eigenvalue weighted by Crippen LogP contribution is -2.33. The number of rotatable bonds is 6. The summed E-state index contributed by atoms with van der Waals surface area (Å²) in [5, 5.41) is 18.4. The molecule has 1 aromatic rings. The Morgan fingerprint density at radius 3 is 3.00 bits per heavy atom. The number of anilines is 2. The molecule has 21 heavy (non-hydrogen) atoms. The van der Waals surface area contributed by atoms with E-state index in [2.05, 4.69) is 14.9 Å². The van der Waals surface area contributed by atoms with E-state index in [0.29, 0.717) is 12.4 Å². The van der Waals surface area contributed by atoms with E-state index in [1.165, 1.54) is 6.33 Å².